The smallest absolute Gasteiger partial charge is 0.107 e. The van der Waals surface area contributed by atoms with Crippen LogP contribution in [0.3, 0.4) is 0 Å². The van der Waals surface area contributed by atoms with E-state index in [0.29, 0.717) is 11.0 Å². The highest BCUT2D eigenvalue weighted by atomic mass is 32.2. The van der Waals surface area contributed by atoms with Crippen LogP contribution in [0.25, 0.3) is 0 Å². The molecule has 2 nitrogen and oxygen atoms in total. The maximum atomic E-state index is 5.99. The minimum Gasteiger partial charge on any atom is -0.389 e. The van der Waals surface area contributed by atoms with Crippen molar-refractivity contribution in [3.63, 3.8) is 0 Å². The lowest BCUT2D eigenvalue weighted by Crippen LogP contribution is -2.30. The molecule has 1 aromatic rings. The molecule has 0 aromatic heterocycles. The van der Waals surface area contributed by atoms with Gasteiger partial charge in [-0.2, -0.15) is 0 Å². The van der Waals surface area contributed by atoms with E-state index >= 15 is 0 Å². The highest BCUT2D eigenvalue weighted by molar-refractivity contribution is 7.98. The molecule has 0 heterocycles. The fourth-order valence-electron chi connectivity index (χ4n) is 2.59. The first-order valence-corrected chi connectivity index (χ1v) is 8.57. The first-order chi connectivity index (χ1) is 9.20. The maximum absolute atomic E-state index is 5.99. The average Bonchev–Trinajstić information content (AvgIpc) is 3.27. The second-order valence-electron chi connectivity index (χ2n) is 5.55. The van der Waals surface area contributed by atoms with Crippen molar-refractivity contribution < 1.29 is 0 Å². The fourth-order valence-corrected chi connectivity index (χ4v) is 3.50. The van der Waals surface area contributed by atoms with E-state index in [0.717, 1.165) is 11.5 Å². The van der Waals surface area contributed by atoms with E-state index in [9.17, 15) is 0 Å². The second kappa shape index (κ2) is 5.33. The predicted molar refractivity (Wildman–Crippen MR) is 87.2 cm³/mol. The Balaban J connectivity index is 1.98. The van der Waals surface area contributed by atoms with Gasteiger partial charge >= 0.3 is 0 Å². The Hall–Kier alpha value is -0.740. The van der Waals surface area contributed by atoms with Gasteiger partial charge in [-0.15, -0.1) is 11.8 Å². The van der Waals surface area contributed by atoms with E-state index in [1.165, 1.54) is 42.8 Å². The largest absolute Gasteiger partial charge is 0.389 e. The molecule has 3 rings (SSSR count). The van der Waals surface area contributed by atoms with Crippen molar-refractivity contribution in [3.8, 4) is 0 Å². The molecule has 0 aliphatic heterocycles. The number of hydrogen-bond acceptors (Lipinski definition) is 3. The summed E-state index contributed by atoms with van der Waals surface area (Å²) in [6.07, 6.45) is 7.48. The van der Waals surface area contributed by atoms with Crippen molar-refractivity contribution in [3.05, 3.63) is 23.8 Å². The highest BCUT2D eigenvalue weighted by Crippen LogP contribution is 2.40. The molecule has 0 spiro atoms. The summed E-state index contributed by atoms with van der Waals surface area (Å²) in [6, 6.07) is 7.15. The van der Waals surface area contributed by atoms with Crippen molar-refractivity contribution >= 4 is 34.7 Å². The van der Waals surface area contributed by atoms with Crippen molar-refractivity contribution in [2.24, 2.45) is 11.7 Å². The van der Waals surface area contributed by atoms with Gasteiger partial charge in [0.25, 0.3) is 0 Å². The van der Waals surface area contributed by atoms with Gasteiger partial charge < -0.3 is 10.6 Å². The van der Waals surface area contributed by atoms with Crippen LogP contribution in [0.2, 0.25) is 0 Å². The van der Waals surface area contributed by atoms with Crippen LogP contribution in [0.1, 0.15) is 31.2 Å². The van der Waals surface area contributed by atoms with E-state index in [2.05, 4.69) is 29.4 Å². The van der Waals surface area contributed by atoms with Crippen molar-refractivity contribution in [2.75, 3.05) is 17.7 Å². The Bertz CT molecular complexity index is 493. The number of thiocarbonyl (C=S) groups is 1. The number of nitrogens with zero attached hydrogens (tertiary/aromatic N) is 1. The van der Waals surface area contributed by atoms with Gasteiger partial charge in [-0.05, 0) is 50.0 Å². The van der Waals surface area contributed by atoms with E-state index in [4.69, 9.17) is 18.0 Å². The zero-order chi connectivity index (χ0) is 13.4. The van der Waals surface area contributed by atoms with Crippen LogP contribution in [0.5, 0.6) is 0 Å². The third-order valence-corrected chi connectivity index (χ3v) is 4.90. The van der Waals surface area contributed by atoms with E-state index in [1.807, 2.05) is 0 Å². The van der Waals surface area contributed by atoms with Gasteiger partial charge in [0, 0.05) is 28.7 Å². The molecule has 2 saturated carbocycles. The topological polar surface area (TPSA) is 29.3 Å². The summed E-state index contributed by atoms with van der Waals surface area (Å²) in [5.74, 6) is 0.887. The SMILES string of the molecule is CSc1cccc(N(CC2CC2)C2CC2)c1C(N)=S. The molecule has 0 amide bonds. The zero-order valence-corrected chi connectivity index (χ0v) is 12.9. The summed E-state index contributed by atoms with van der Waals surface area (Å²) >= 11 is 7.02. The Kier molecular flexibility index (Phi) is 3.72. The molecule has 102 valence electrons. The molecule has 2 aliphatic carbocycles. The lowest BCUT2D eigenvalue weighted by molar-refractivity contribution is 0.717. The molecule has 0 radical (unpaired) electrons. The van der Waals surface area contributed by atoms with Crippen LogP contribution in [0.15, 0.2) is 23.1 Å². The third kappa shape index (κ3) is 2.90. The summed E-state index contributed by atoms with van der Waals surface area (Å²) < 4.78 is 0. The van der Waals surface area contributed by atoms with Crippen LogP contribution in [-0.2, 0) is 0 Å². The molecule has 2 aliphatic rings. The monoisotopic (exact) mass is 292 g/mol. The van der Waals surface area contributed by atoms with Crippen molar-refractivity contribution in [1.82, 2.24) is 0 Å². The lowest BCUT2D eigenvalue weighted by Gasteiger charge is -2.28. The first-order valence-electron chi connectivity index (χ1n) is 6.94. The van der Waals surface area contributed by atoms with Crippen molar-refractivity contribution in [1.29, 1.82) is 0 Å². The van der Waals surface area contributed by atoms with E-state index < -0.39 is 0 Å². The molecule has 19 heavy (non-hydrogen) atoms. The van der Waals surface area contributed by atoms with Crippen molar-refractivity contribution in [2.45, 2.75) is 36.6 Å². The minimum atomic E-state index is 0.529. The molecule has 0 atom stereocenters. The molecule has 0 saturated heterocycles. The van der Waals surface area contributed by atoms with Gasteiger partial charge in [-0.3, -0.25) is 0 Å². The van der Waals surface area contributed by atoms with Crippen LogP contribution < -0.4 is 10.6 Å². The molecule has 2 N–H and O–H groups in total. The third-order valence-electron chi connectivity index (χ3n) is 3.92. The number of benzene rings is 1. The first kappa shape index (κ1) is 13.3. The molecule has 2 fully saturated rings. The minimum absolute atomic E-state index is 0.529. The number of anilines is 1. The lowest BCUT2D eigenvalue weighted by atomic mass is 10.1. The van der Waals surface area contributed by atoms with Gasteiger partial charge in [-0.1, -0.05) is 18.3 Å². The molecule has 4 heteroatoms. The molecule has 1 aromatic carbocycles. The number of nitrogens with two attached hydrogens (primary N) is 1. The Labute approximate surface area is 124 Å². The molecular weight excluding hydrogens is 272 g/mol. The standard InChI is InChI=1S/C15H20N2S2/c1-19-13-4-2-3-12(14(13)15(16)18)17(11-7-8-11)9-10-5-6-10/h2-4,10-11H,5-9H2,1H3,(H2,16,18). The predicted octanol–water partition coefficient (Wildman–Crippen LogP) is 3.42. The van der Waals surface area contributed by atoms with Gasteiger partial charge in [0.1, 0.15) is 4.99 Å². The Morgan fingerprint density at radius 2 is 2.11 bits per heavy atom. The molecule has 0 unspecified atom stereocenters. The molecule has 0 bridgehead atoms. The summed E-state index contributed by atoms with van der Waals surface area (Å²) in [5, 5.41) is 0. The van der Waals surface area contributed by atoms with Gasteiger partial charge in [-0.25, -0.2) is 0 Å². The second-order valence-corrected chi connectivity index (χ2v) is 6.83. The number of thioether (sulfide) groups is 1. The summed E-state index contributed by atoms with van der Waals surface area (Å²) in [6.45, 7) is 1.18. The van der Waals surface area contributed by atoms with E-state index in [-0.39, 0.29) is 0 Å². The number of hydrogen-bond donors (Lipinski definition) is 1. The van der Waals surface area contributed by atoms with Crippen LogP contribution >= 0.6 is 24.0 Å². The Morgan fingerprint density at radius 3 is 2.63 bits per heavy atom. The normalized spacial score (nSPS) is 18.4. The van der Waals surface area contributed by atoms with Crippen LogP contribution in [0, 0.1) is 5.92 Å². The highest BCUT2D eigenvalue weighted by Gasteiger charge is 2.35. The molecular formula is C15H20N2S2. The van der Waals surface area contributed by atoms with Gasteiger partial charge in [0.2, 0.25) is 0 Å². The van der Waals surface area contributed by atoms with E-state index in [1.54, 1.807) is 11.8 Å². The quantitative estimate of drug-likeness (QED) is 0.642. The summed E-state index contributed by atoms with van der Waals surface area (Å²) in [7, 11) is 0. The van der Waals surface area contributed by atoms with Crippen LogP contribution in [-0.4, -0.2) is 23.8 Å². The summed E-state index contributed by atoms with van der Waals surface area (Å²) in [5.41, 5.74) is 8.33. The average molecular weight is 292 g/mol. The number of rotatable bonds is 6. The maximum Gasteiger partial charge on any atom is 0.107 e. The Morgan fingerprint density at radius 1 is 1.37 bits per heavy atom. The van der Waals surface area contributed by atoms with Gasteiger partial charge in [0.15, 0.2) is 0 Å². The zero-order valence-electron chi connectivity index (χ0n) is 11.3. The van der Waals surface area contributed by atoms with Crippen LogP contribution in [0.4, 0.5) is 5.69 Å². The summed E-state index contributed by atoms with van der Waals surface area (Å²) in [4.78, 5) is 4.29. The fraction of sp³-hybridized carbons (Fsp3) is 0.533. The van der Waals surface area contributed by atoms with Gasteiger partial charge in [0.05, 0.1) is 0 Å².